The van der Waals surface area contributed by atoms with E-state index in [0.717, 1.165) is 37.4 Å². The molecule has 1 aliphatic heterocycles. The molecular formula is C14H19N5O. The van der Waals surface area contributed by atoms with Crippen LogP contribution < -0.4 is 10.6 Å². The standard InChI is InChI=1S/C14H19N5O/c1-10(16-14(20)11-5-7-15-8-6-11)13-18-17-12-4-2-3-9-19(12)13/h2-4,9-11,15H,5-8H2,1H3,(H,16,20). The Bertz CT molecular complexity index is 602. The molecule has 0 radical (unpaired) electrons. The number of fused-ring (bicyclic) bond motifs is 1. The van der Waals surface area contributed by atoms with Gasteiger partial charge in [0.25, 0.3) is 0 Å². The number of aromatic nitrogens is 3. The zero-order chi connectivity index (χ0) is 13.9. The number of rotatable bonds is 3. The fourth-order valence-corrected chi connectivity index (χ4v) is 2.64. The fourth-order valence-electron chi connectivity index (χ4n) is 2.64. The Balaban J connectivity index is 1.72. The van der Waals surface area contributed by atoms with Crippen molar-refractivity contribution in [3.8, 4) is 0 Å². The second-order valence-corrected chi connectivity index (χ2v) is 5.24. The molecule has 0 bridgehead atoms. The molecule has 0 aromatic carbocycles. The Labute approximate surface area is 117 Å². The summed E-state index contributed by atoms with van der Waals surface area (Å²) >= 11 is 0. The lowest BCUT2D eigenvalue weighted by Gasteiger charge is -2.23. The maximum Gasteiger partial charge on any atom is 0.223 e. The van der Waals surface area contributed by atoms with Gasteiger partial charge in [-0.25, -0.2) is 0 Å². The average Bonchev–Trinajstić information content (AvgIpc) is 2.92. The number of hydrogen-bond donors (Lipinski definition) is 2. The quantitative estimate of drug-likeness (QED) is 0.872. The minimum atomic E-state index is -0.144. The van der Waals surface area contributed by atoms with Crippen LogP contribution >= 0.6 is 0 Å². The van der Waals surface area contributed by atoms with Crippen LogP contribution in [0.5, 0.6) is 0 Å². The maximum absolute atomic E-state index is 12.2. The van der Waals surface area contributed by atoms with E-state index in [1.165, 1.54) is 0 Å². The molecule has 2 aromatic rings. The first-order valence-corrected chi connectivity index (χ1v) is 7.06. The summed E-state index contributed by atoms with van der Waals surface area (Å²) in [6.45, 7) is 3.78. The van der Waals surface area contributed by atoms with Gasteiger partial charge in [-0.15, -0.1) is 10.2 Å². The highest BCUT2D eigenvalue weighted by atomic mass is 16.1. The molecular weight excluding hydrogens is 254 g/mol. The van der Waals surface area contributed by atoms with Crippen LogP contribution in [0.25, 0.3) is 5.65 Å². The molecule has 0 spiro atoms. The highest BCUT2D eigenvalue weighted by molar-refractivity contribution is 5.79. The molecule has 1 amide bonds. The van der Waals surface area contributed by atoms with E-state index in [1.807, 2.05) is 35.7 Å². The molecule has 2 aromatic heterocycles. The molecule has 3 heterocycles. The van der Waals surface area contributed by atoms with Crippen molar-refractivity contribution in [1.82, 2.24) is 25.2 Å². The zero-order valence-corrected chi connectivity index (χ0v) is 11.5. The number of nitrogens with zero attached hydrogens (tertiary/aromatic N) is 3. The highest BCUT2D eigenvalue weighted by Crippen LogP contribution is 2.16. The predicted octanol–water partition coefficient (Wildman–Crippen LogP) is 0.906. The van der Waals surface area contributed by atoms with Crippen LogP contribution in [0.1, 0.15) is 31.6 Å². The first-order chi connectivity index (χ1) is 9.75. The summed E-state index contributed by atoms with van der Waals surface area (Å²) in [4.78, 5) is 12.2. The van der Waals surface area contributed by atoms with Crippen molar-refractivity contribution in [3.05, 3.63) is 30.2 Å². The Morgan fingerprint density at radius 3 is 3.00 bits per heavy atom. The summed E-state index contributed by atoms with van der Waals surface area (Å²) in [5.74, 6) is 0.993. The number of hydrogen-bond acceptors (Lipinski definition) is 4. The van der Waals surface area contributed by atoms with Gasteiger partial charge in [-0.2, -0.15) is 0 Å². The van der Waals surface area contributed by atoms with Crippen LogP contribution in [0.3, 0.4) is 0 Å². The number of pyridine rings is 1. The molecule has 106 valence electrons. The molecule has 3 rings (SSSR count). The molecule has 2 N–H and O–H groups in total. The van der Waals surface area contributed by atoms with E-state index in [0.29, 0.717) is 0 Å². The third-order valence-electron chi connectivity index (χ3n) is 3.80. The van der Waals surface area contributed by atoms with Crippen LogP contribution in [0.2, 0.25) is 0 Å². The third-order valence-corrected chi connectivity index (χ3v) is 3.80. The predicted molar refractivity (Wildman–Crippen MR) is 75.1 cm³/mol. The van der Waals surface area contributed by atoms with Gasteiger partial charge in [0, 0.05) is 12.1 Å². The minimum absolute atomic E-state index is 0.109. The Hall–Kier alpha value is -1.95. The van der Waals surface area contributed by atoms with Crippen molar-refractivity contribution in [3.63, 3.8) is 0 Å². The Morgan fingerprint density at radius 2 is 2.20 bits per heavy atom. The van der Waals surface area contributed by atoms with Crippen molar-refractivity contribution in [2.45, 2.75) is 25.8 Å². The second-order valence-electron chi connectivity index (χ2n) is 5.24. The largest absolute Gasteiger partial charge is 0.346 e. The maximum atomic E-state index is 12.2. The van der Waals surface area contributed by atoms with E-state index in [-0.39, 0.29) is 17.9 Å². The monoisotopic (exact) mass is 273 g/mol. The van der Waals surface area contributed by atoms with Gasteiger partial charge in [-0.3, -0.25) is 9.20 Å². The summed E-state index contributed by atoms with van der Waals surface area (Å²) in [6, 6.07) is 5.61. The van der Waals surface area contributed by atoms with Crippen LogP contribution in [0, 0.1) is 5.92 Å². The number of nitrogens with one attached hydrogen (secondary N) is 2. The molecule has 6 nitrogen and oxygen atoms in total. The van der Waals surface area contributed by atoms with E-state index in [4.69, 9.17) is 0 Å². The summed E-state index contributed by atoms with van der Waals surface area (Å²) in [5.41, 5.74) is 0.797. The number of piperidine rings is 1. The van der Waals surface area contributed by atoms with Gasteiger partial charge in [0.05, 0.1) is 6.04 Å². The topological polar surface area (TPSA) is 71.3 Å². The van der Waals surface area contributed by atoms with Crippen molar-refractivity contribution >= 4 is 11.6 Å². The SMILES string of the molecule is CC(NC(=O)C1CCNCC1)c1nnc2ccccn12. The van der Waals surface area contributed by atoms with E-state index in [1.54, 1.807) is 0 Å². The van der Waals surface area contributed by atoms with Gasteiger partial charge >= 0.3 is 0 Å². The minimum Gasteiger partial charge on any atom is -0.346 e. The second kappa shape index (κ2) is 5.58. The number of amides is 1. The van der Waals surface area contributed by atoms with Crippen molar-refractivity contribution in [2.75, 3.05) is 13.1 Å². The van der Waals surface area contributed by atoms with Crippen molar-refractivity contribution < 1.29 is 4.79 Å². The summed E-state index contributed by atoms with van der Waals surface area (Å²) in [5, 5.41) is 14.6. The van der Waals surface area contributed by atoms with Gasteiger partial charge in [0.15, 0.2) is 11.5 Å². The van der Waals surface area contributed by atoms with E-state index < -0.39 is 0 Å². The van der Waals surface area contributed by atoms with Crippen LogP contribution in [-0.2, 0) is 4.79 Å². The third kappa shape index (κ3) is 2.51. The summed E-state index contributed by atoms with van der Waals surface area (Å²) < 4.78 is 1.91. The Morgan fingerprint density at radius 1 is 1.40 bits per heavy atom. The molecule has 0 aliphatic carbocycles. The molecule has 0 saturated carbocycles. The number of carbonyl (C=O) groups is 1. The van der Waals surface area contributed by atoms with Crippen LogP contribution in [0.15, 0.2) is 24.4 Å². The van der Waals surface area contributed by atoms with Gasteiger partial charge in [0.1, 0.15) is 0 Å². The normalized spacial score (nSPS) is 18.1. The molecule has 6 heteroatoms. The first kappa shape index (κ1) is 13.1. The summed E-state index contributed by atoms with van der Waals surface area (Å²) in [7, 11) is 0. The molecule has 1 saturated heterocycles. The number of carbonyl (C=O) groups excluding carboxylic acids is 1. The average molecular weight is 273 g/mol. The van der Waals surface area contributed by atoms with Gasteiger partial charge in [-0.05, 0) is 45.0 Å². The van der Waals surface area contributed by atoms with Crippen molar-refractivity contribution in [2.24, 2.45) is 5.92 Å². The molecule has 1 fully saturated rings. The lowest BCUT2D eigenvalue weighted by Crippen LogP contribution is -2.39. The fraction of sp³-hybridized carbons (Fsp3) is 0.500. The van der Waals surface area contributed by atoms with E-state index >= 15 is 0 Å². The van der Waals surface area contributed by atoms with E-state index in [2.05, 4.69) is 20.8 Å². The van der Waals surface area contributed by atoms with Crippen molar-refractivity contribution in [1.29, 1.82) is 0 Å². The smallest absolute Gasteiger partial charge is 0.223 e. The van der Waals surface area contributed by atoms with Crippen LogP contribution in [-0.4, -0.2) is 33.6 Å². The lowest BCUT2D eigenvalue weighted by atomic mass is 9.97. The molecule has 20 heavy (non-hydrogen) atoms. The zero-order valence-electron chi connectivity index (χ0n) is 11.5. The molecule has 1 unspecified atom stereocenters. The lowest BCUT2D eigenvalue weighted by molar-refractivity contribution is -0.126. The van der Waals surface area contributed by atoms with Gasteiger partial charge in [0.2, 0.25) is 5.91 Å². The van der Waals surface area contributed by atoms with Crippen LogP contribution in [0.4, 0.5) is 0 Å². The van der Waals surface area contributed by atoms with E-state index in [9.17, 15) is 4.79 Å². The van der Waals surface area contributed by atoms with Gasteiger partial charge < -0.3 is 10.6 Å². The molecule has 1 atom stereocenters. The first-order valence-electron chi connectivity index (χ1n) is 7.06. The molecule has 1 aliphatic rings. The van der Waals surface area contributed by atoms with Gasteiger partial charge in [-0.1, -0.05) is 6.07 Å². The Kier molecular flexibility index (Phi) is 3.64. The highest BCUT2D eigenvalue weighted by Gasteiger charge is 2.23. The summed E-state index contributed by atoms with van der Waals surface area (Å²) in [6.07, 6.45) is 3.72.